The molecule has 0 spiro atoms. The summed E-state index contributed by atoms with van der Waals surface area (Å²) < 4.78 is 12.9. The van der Waals surface area contributed by atoms with E-state index in [0.717, 1.165) is 70.5 Å². The third-order valence-electron chi connectivity index (χ3n) is 8.44. The van der Waals surface area contributed by atoms with Crippen LogP contribution in [0.15, 0.2) is 29.2 Å². The highest BCUT2D eigenvalue weighted by molar-refractivity contribution is 5.69. The molecule has 5 heterocycles. The third kappa shape index (κ3) is 3.69. The van der Waals surface area contributed by atoms with Crippen LogP contribution in [0.2, 0.25) is 0 Å². The molecule has 3 saturated heterocycles. The fourth-order valence-corrected chi connectivity index (χ4v) is 6.90. The number of morpholine rings is 1. The van der Waals surface area contributed by atoms with E-state index in [-0.39, 0.29) is 23.6 Å². The van der Waals surface area contributed by atoms with Crippen LogP contribution in [0, 0.1) is 5.92 Å². The molecule has 10 heteroatoms. The highest BCUT2D eigenvalue weighted by Gasteiger charge is 2.61. The molecule has 3 unspecified atom stereocenters. The molecule has 3 aliphatic heterocycles. The van der Waals surface area contributed by atoms with Gasteiger partial charge in [0.1, 0.15) is 17.1 Å². The number of rotatable bonds is 4. The van der Waals surface area contributed by atoms with Crippen molar-refractivity contribution in [2.45, 2.75) is 57.2 Å². The van der Waals surface area contributed by atoms with Gasteiger partial charge in [0.15, 0.2) is 0 Å². The fourth-order valence-electron chi connectivity index (χ4n) is 6.90. The summed E-state index contributed by atoms with van der Waals surface area (Å²) in [7, 11) is 0. The van der Waals surface area contributed by atoms with Crippen molar-refractivity contribution in [3.8, 4) is 0 Å². The summed E-state index contributed by atoms with van der Waals surface area (Å²) in [5.74, 6) is 0.791. The van der Waals surface area contributed by atoms with E-state index >= 15 is 0 Å². The zero-order chi connectivity index (χ0) is 24.7. The van der Waals surface area contributed by atoms with Crippen LogP contribution < -0.4 is 15.9 Å². The van der Waals surface area contributed by atoms with Gasteiger partial charge in [0.2, 0.25) is 0 Å². The Hall–Kier alpha value is -2.69. The molecule has 1 saturated carbocycles. The second-order valence-electron chi connectivity index (χ2n) is 10.2. The molecule has 6 rings (SSSR count). The Bertz CT molecular complexity index is 1170. The number of carbonyl (C=O) groups excluding carboxylic acids is 1. The summed E-state index contributed by atoms with van der Waals surface area (Å²) in [6.07, 6.45) is 7.42. The lowest BCUT2D eigenvalue weighted by Crippen LogP contribution is -2.66. The van der Waals surface area contributed by atoms with Gasteiger partial charge in [0, 0.05) is 38.3 Å². The van der Waals surface area contributed by atoms with Crippen molar-refractivity contribution >= 4 is 17.6 Å². The van der Waals surface area contributed by atoms with Crippen LogP contribution in [0.25, 0.3) is 5.65 Å². The molecule has 2 aromatic heterocycles. The van der Waals surface area contributed by atoms with Gasteiger partial charge in [-0.15, -0.1) is 0 Å². The first-order valence-electron chi connectivity index (χ1n) is 13.5. The van der Waals surface area contributed by atoms with Gasteiger partial charge in [-0.2, -0.15) is 0 Å². The van der Waals surface area contributed by atoms with Crippen molar-refractivity contribution in [3.05, 3.63) is 40.3 Å². The number of anilines is 1. The Morgan fingerprint density at radius 3 is 2.75 bits per heavy atom. The number of nitrogens with one attached hydrogen (secondary N) is 1. The molecule has 0 bridgehead atoms. The van der Waals surface area contributed by atoms with Gasteiger partial charge >= 0.3 is 6.09 Å². The summed E-state index contributed by atoms with van der Waals surface area (Å²) in [6.45, 7) is 6.65. The molecule has 36 heavy (non-hydrogen) atoms. The van der Waals surface area contributed by atoms with Crippen LogP contribution in [0.4, 0.5) is 10.6 Å². The topological polar surface area (TPSA) is 91.7 Å². The number of carbonyl (C=O) groups is 1. The van der Waals surface area contributed by atoms with Crippen molar-refractivity contribution in [2.24, 2.45) is 5.92 Å². The maximum atomic E-state index is 14.1. The summed E-state index contributed by atoms with van der Waals surface area (Å²) in [5.41, 5.74) is 4.22. The maximum Gasteiger partial charge on any atom is 0.426 e. The smallest absolute Gasteiger partial charge is 0.426 e. The predicted molar refractivity (Wildman–Crippen MR) is 135 cm³/mol. The first kappa shape index (κ1) is 23.7. The number of hydrazine groups is 1. The number of aromatic nitrogens is 2. The standard InChI is InChI=1S/C26H36N6O4/c1-2-36-25(34)32-26(30-15-17-35-18-16-30)11-5-3-9-19(26)22(28-32)21-23(29-12-7-8-13-29)27-20-10-4-6-14-31(20)24(21)33/h4,6,10,14,19,22,28H,2-3,5,7-9,11-13,15-18H2,1H3. The normalized spacial score (nSPS) is 29.0. The molecule has 2 aromatic rings. The Labute approximate surface area is 211 Å². The van der Waals surface area contributed by atoms with Crippen molar-refractivity contribution in [1.29, 1.82) is 0 Å². The summed E-state index contributed by atoms with van der Waals surface area (Å²) >= 11 is 0. The number of amides is 1. The average Bonchev–Trinajstić information content (AvgIpc) is 3.57. The van der Waals surface area contributed by atoms with Gasteiger partial charge in [-0.1, -0.05) is 12.5 Å². The molecular weight excluding hydrogens is 460 g/mol. The monoisotopic (exact) mass is 496 g/mol. The Morgan fingerprint density at radius 2 is 1.97 bits per heavy atom. The zero-order valence-electron chi connectivity index (χ0n) is 21.0. The van der Waals surface area contributed by atoms with Crippen molar-refractivity contribution in [3.63, 3.8) is 0 Å². The Morgan fingerprint density at radius 1 is 1.17 bits per heavy atom. The first-order chi connectivity index (χ1) is 17.6. The van der Waals surface area contributed by atoms with Crippen LogP contribution in [0.3, 0.4) is 0 Å². The SMILES string of the molecule is CCOC(=O)N1NC(c2c(N3CCCC3)nc3ccccn3c2=O)C2CCCCC21N1CCOCC1. The number of ether oxygens (including phenoxy) is 2. The largest absolute Gasteiger partial charge is 0.449 e. The van der Waals surface area contributed by atoms with E-state index in [1.165, 1.54) is 0 Å². The lowest BCUT2D eigenvalue weighted by Gasteiger charge is -2.52. The maximum absolute atomic E-state index is 14.1. The predicted octanol–water partition coefficient (Wildman–Crippen LogP) is 2.53. The van der Waals surface area contributed by atoms with Crippen molar-refractivity contribution < 1.29 is 14.3 Å². The highest BCUT2D eigenvalue weighted by atomic mass is 16.6. The van der Waals surface area contributed by atoms with E-state index in [4.69, 9.17) is 14.5 Å². The minimum absolute atomic E-state index is 0.0337. The quantitative estimate of drug-likeness (QED) is 0.691. The lowest BCUT2D eigenvalue weighted by atomic mass is 9.73. The second kappa shape index (κ2) is 9.64. The van der Waals surface area contributed by atoms with Crippen LogP contribution in [0.1, 0.15) is 57.1 Å². The number of hydrogen-bond acceptors (Lipinski definition) is 8. The van der Waals surface area contributed by atoms with Crippen molar-refractivity contribution in [1.82, 2.24) is 24.7 Å². The molecule has 4 fully saturated rings. The van der Waals surface area contributed by atoms with Crippen LogP contribution >= 0.6 is 0 Å². The van der Waals surface area contributed by atoms with E-state index < -0.39 is 5.66 Å². The first-order valence-corrected chi connectivity index (χ1v) is 13.5. The van der Waals surface area contributed by atoms with Crippen LogP contribution in [0.5, 0.6) is 0 Å². The van der Waals surface area contributed by atoms with E-state index in [2.05, 4.69) is 15.2 Å². The molecule has 0 radical (unpaired) electrons. The number of nitrogens with zero attached hydrogens (tertiary/aromatic N) is 5. The summed E-state index contributed by atoms with van der Waals surface area (Å²) in [5, 5.41) is 1.73. The molecule has 1 aliphatic carbocycles. The zero-order valence-corrected chi connectivity index (χ0v) is 21.0. The van der Waals surface area contributed by atoms with E-state index in [1.54, 1.807) is 15.6 Å². The molecule has 3 atom stereocenters. The summed E-state index contributed by atoms with van der Waals surface area (Å²) in [4.78, 5) is 37.2. The van der Waals surface area contributed by atoms with Gasteiger partial charge < -0.3 is 14.4 Å². The van der Waals surface area contributed by atoms with Crippen LogP contribution in [-0.2, 0) is 9.47 Å². The molecule has 1 amide bonds. The molecular formula is C26H36N6O4. The third-order valence-corrected chi connectivity index (χ3v) is 8.44. The minimum atomic E-state index is -0.565. The van der Waals surface area contributed by atoms with Gasteiger partial charge in [-0.3, -0.25) is 14.1 Å². The van der Waals surface area contributed by atoms with Gasteiger partial charge in [-0.25, -0.2) is 20.2 Å². The lowest BCUT2D eigenvalue weighted by molar-refractivity contribution is -0.119. The number of fused-ring (bicyclic) bond motifs is 2. The molecule has 0 aromatic carbocycles. The van der Waals surface area contributed by atoms with E-state index in [0.29, 0.717) is 31.0 Å². The van der Waals surface area contributed by atoms with Gasteiger partial charge in [0.25, 0.3) is 5.56 Å². The molecule has 4 aliphatic rings. The number of hydrogen-bond donors (Lipinski definition) is 1. The van der Waals surface area contributed by atoms with Crippen LogP contribution in [-0.4, -0.2) is 77.0 Å². The van der Waals surface area contributed by atoms with E-state index in [1.807, 2.05) is 25.1 Å². The minimum Gasteiger partial charge on any atom is -0.449 e. The van der Waals surface area contributed by atoms with Gasteiger partial charge in [0.05, 0.1) is 31.4 Å². The number of pyridine rings is 1. The average molecular weight is 497 g/mol. The molecule has 10 nitrogen and oxygen atoms in total. The fraction of sp³-hybridized carbons (Fsp3) is 0.654. The van der Waals surface area contributed by atoms with Crippen molar-refractivity contribution in [2.75, 3.05) is 50.9 Å². The van der Waals surface area contributed by atoms with Gasteiger partial charge in [-0.05, 0) is 51.2 Å². The molecule has 194 valence electrons. The second-order valence-corrected chi connectivity index (χ2v) is 10.2. The Kier molecular flexibility index (Phi) is 6.35. The highest BCUT2D eigenvalue weighted by Crippen LogP contribution is 2.52. The Balaban J connectivity index is 1.53. The van der Waals surface area contributed by atoms with E-state index in [9.17, 15) is 9.59 Å². The summed E-state index contributed by atoms with van der Waals surface area (Å²) in [6, 6.07) is 5.32. The molecule has 1 N–H and O–H groups in total.